The number of hydrazone groups is 1. The van der Waals surface area contributed by atoms with E-state index in [4.69, 9.17) is 32.7 Å². The molecule has 5 nitrogen and oxygen atoms in total. The lowest BCUT2D eigenvalue weighted by Crippen LogP contribution is -2.25. The predicted molar refractivity (Wildman–Crippen MR) is 136 cm³/mol. The quantitative estimate of drug-likeness (QED) is 0.120. The largest absolute Gasteiger partial charge is 0.493 e. The number of ether oxygens (including phenoxy) is 2. The van der Waals surface area contributed by atoms with Gasteiger partial charge in [-0.2, -0.15) is 10.1 Å². The van der Waals surface area contributed by atoms with Gasteiger partial charge in [0.2, 0.25) is 5.82 Å². The summed E-state index contributed by atoms with van der Waals surface area (Å²) >= 11 is 15.5. The molecule has 0 saturated carbocycles. The van der Waals surface area contributed by atoms with Gasteiger partial charge in [0.1, 0.15) is 12.3 Å². The van der Waals surface area contributed by atoms with Gasteiger partial charge in [0.15, 0.2) is 34.8 Å². The van der Waals surface area contributed by atoms with Crippen molar-refractivity contribution >= 4 is 62.5 Å². The minimum atomic E-state index is -2.34. The average Bonchev–Trinajstić information content (AvgIpc) is 3.14. The zero-order valence-electron chi connectivity index (χ0n) is 19.3. The molecule has 3 aromatic carbocycles. The molecule has 0 aromatic heterocycles. The molecule has 0 bridgehead atoms. The number of nitrogens with zero attached hydrogens (tertiary/aromatic N) is 2. The zero-order chi connectivity index (χ0) is 27.9. The Kier molecular flexibility index (Phi) is 8.01. The average molecular weight is 636 g/mol. The third-order valence-corrected chi connectivity index (χ3v) is 6.59. The van der Waals surface area contributed by atoms with E-state index >= 15 is 0 Å². The molecule has 4 rings (SSSR count). The van der Waals surface area contributed by atoms with Crippen molar-refractivity contribution in [1.82, 2.24) is 0 Å². The molecule has 0 unspecified atom stereocenters. The molecule has 0 N–H and O–H groups in total. The molecular weight excluding hydrogens is 622 g/mol. The molecule has 0 radical (unpaired) electrons. The first-order chi connectivity index (χ1) is 17.9. The van der Waals surface area contributed by atoms with Crippen LogP contribution in [0.5, 0.6) is 11.5 Å². The monoisotopic (exact) mass is 634 g/mol. The van der Waals surface area contributed by atoms with Crippen molar-refractivity contribution in [2.24, 2.45) is 5.10 Å². The second-order valence-electron chi connectivity index (χ2n) is 7.84. The number of benzene rings is 3. The van der Waals surface area contributed by atoms with Crippen LogP contribution in [0.1, 0.15) is 18.1 Å². The van der Waals surface area contributed by atoms with Gasteiger partial charge < -0.3 is 9.47 Å². The summed E-state index contributed by atoms with van der Waals surface area (Å²) in [5.74, 6) is -11.6. The van der Waals surface area contributed by atoms with Crippen LogP contribution in [0, 0.1) is 29.1 Å². The molecule has 0 atom stereocenters. The Morgan fingerprint density at radius 3 is 2.24 bits per heavy atom. The first-order valence-corrected chi connectivity index (χ1v) is 12.1. The lowest BCUT2D eigenvalue weighted by molar-refractivity contribution is -0.114. The number of anilines is 1. The molecule has 198 valence electrons. The van der Waals surface area contributed by atoms with Crippen LogP contribution in [-0.2, 0) is 11.4 Å². The van der Waals surface area contributed by atoms with E-state index < -0.39 is 40.7 Å². The van der Waals surface area contributed by atoms with Crippen molar-refractivity contribution in [3.63, 3.8) is 0 Å². The van der Waals surface area contributed by atoms with Crippen LogP contribution in [0.4, 0.5) is 27.6 Å². The molecule has 38 heavy (non-hydrogen) atoms. The topological polar surface area (TPSA) is 51.1 Å². The van der Waals surface area contributed by atoms with Crippen LogP contribution in [-0.4, -0.2) is 18.7 Å². The number of halogens is 8. The summed E-state index contributed by atoms with van der Waals surface area (Å²) in [7, 11) is 1.39. The van der Waals surface area contributed by atoms with Crippen LogP contribution in [0.25, 0.3) is 6.08 Å². The van der Waals surface area contributed by atoms with E-state index in [-0.39, 0.29) is 28.7 Å². The van der Waals surface area contributed by atoms with Crippen molar-refractivity contribution in [3.8, 4) is 11.5 Å². The van der Waals surface area contributed by atoms with E-state index in [1.54, 1.807) is 24.3 Å². The molecule has 1 amide bonds. The van der Waals surface area contributed by atoms with Gasteiger partial charge in [-0.05, 0) is 58.8 Å². The Labute approximate surface area is 231 Å². The highest BCUT2D eigenvalue weighted by Gasteiger charge is 2.37. The van der Waals surface area contributed by atoms with Gasteiger partial charge in [-0.15, -0.1) is 0 Å². The molecule has 13 heteroatoms. The fourth-order valence-corrected chi connectivity index (χ4v) is 4.57. The van der Waals surface area contributed by atoms with E-state index in [9.17, 15) is 26.7 Å². The molecule has 0 saturated heterocycles. The minimum Gasteiger partial charge on any atom is -0.493 e. The predicted octanol–water partition coefficient (Wildman–Crippen LogP) is 7.85. The van der Waals surface area contributed by atoms with Crippen molar-refractivity contribution in [2.75, 3.05) is 12.1 Å². The molecule has 1 heterocycles. The Bertz CT molecular complexity index is 1520. The van der Waals surface area contributed by atoms with Crippen molar-refractivity contribution in [3.05, 3.63) is 90.6 Å². The smallest absolute Gasteiger partial charge is 0.280 e. The molecule has 0 spiro atoms. The summed E-state index contributed by atoms with van der Waals surface area (Å²) in [6.07, 6.45) is 1.32. The molecule has 3 aromatic rings. The van der Waals surface area contributed by atoms with Gasteiger partial charge in [0.05, 0.1) is 22.9 Å². The first kappa shape index (κ1) is 27.9. The summed E-state index contributed by atoms with van der Waals surface area (Å²) in [6.45, 7) is 1.42. The lowest BCUT2D eigenvalue weighted by Gasteiger charge is -2.15. The van der Waals surface area contributed by atoms with Crippen molar-refractivity contribution in [2.45, 2.75) is 13.5 Å². The number of amides is 1. The van der Waals surface area contributed by atoms with Crippen molar-refractivity contribution < 1.29 is 36.2 Å². The van der Waals surface area contributed by atoms with E-state index in [1.165, 1.54) is 26.2 Å². The Morgan fingerprint density at radius 1 is 1.00 bits per heavy atom. The standard InChI is InChI=1S/C25H14BrCl2F5N2O3/c1-10-14(25(36)35(34-10)23-21(32)19(30)18(29)20(31)22(23)33)5-11-6-15(26)24(17(7-11)37-2)38-9-12-3-4-13(27)8-16(12)28/h3-8H,9H2,1-2H3/b14-5+. The maximum Gasteiger partial charge on any atom is 0.280 e. The maximum absolute atomic E-state index is 14.3. The van der Waals surface area contributed by atoms with Crippen molar-refractivity contribution in [1.29, 1.82) is 0 Å². The molecule has 0 aliphatic carbocycles. The molecule has 1 aliphatic rings. The van der Waals surface area contributed by atoms with E-state index in [0.29, 0.717) is 31.4 Å². The van der Waals surface area contributed by atoms with Gasteiger partial charge in [-0.3, -0.25) is 4.79 Å². The van der Waals surface area contributed by atoms with Crippen LogP contribution in [0.2, 0.25) is 10.0 Å². The summed E-state index contributed by atoms with van der Waals surface area (Å²) in [5, 5.41) is 4.72. The van der Waals surface area contributed by atoms with E-state index in [2.05, 4.69) is 21.0 Å². The number of methoxy groups -OCH3 is 1. The maximum atomic E-state index is 14.3. The van der Waals surface area contributed by atoms with Gasteiger partial charge in [-0.1, -0.05) is 29.3 Å². The zero-order valence-corrected chi connectivity index (χ0v) is 22.4. The van der Waals surface area contributed by atoms with Gasteiger partial charge in [0, 0.05) is 15.6 Å². The van der Waals surface area contributed by atoms with Crippen LogP contribution < -0.4 is 14.5 Å². The fourth-order valence-electron chi connectivity index (χ4n) is 3.53. The number of carbonyl (C=O) groups is 1. The minimum absolute atomic E-state index is 0.0215. The highest BCUT2D eigenvalue weighted by Crippen LogP contribution is 2.39. The van der Waals surface area contributed by atoms with E-state index in [0.717, 1.165) is 0 Å². The SMILES string of the molecule is COc1cc(/C=C2/C(=O)N(c3c(F)c(F)c(F)c(F)c3F)N=C2C)cc(Br)c1OCc1ccc(Cl)cc1Cl. The normalized spacial score (nSPS) is 14.4. The van der Waals surface area contributed by atoms with Crippen LogP contribution >= 0.6 is 39.1 Å². The van der Waals surface area contributed by atoms with Gasteiger partial charge in [-0.25, -0.2) is 22.0 Å². The lowest BCUT2D eigenvalue weighted by atomic mass is 10.1. The van der Waals surface area contributed by atoms with Crippen LogP contribution in [0.3, 0.4) is 0 Å². The summed E-state index contributed by atoms with van der Waals surface area (Å²) < 4.78 is 81.1. The second kappa shape index (κ2) is 10.9. The highest BCUT2D eigenvalue weighted by atomic mass is 79.9. The second-order valence-corrected chi connectivity index (χ2v) is 9.54. The Morgan fingerprint density at radius 2 is 1.63 bits per heavy atom. The Hall–Kier alpha value is -3.15. The third-order valence-electron chi connectivity index (χ3n) is 5.41. The van der Waals surface area contributed by atoms with Gasteiger partial charge in [0.25, 0.3) is 5.91 Å². The Balaban J connectivity index is 1.66. The number of hydrogen-bond acceptors (Lipinski definition) is 4. The van der Waals surface area contributed by atoms with Gasteiger partial charge >= 0.3 is 0 Å². The number of hydrogen-bond donors (Lipinski definition) is 0. The third kappa shape index (κ3) is 5.10. The van der Waals surface area contributed by atoms with E-state index in [1.807, 2.05) is 0 Å². The fraction of sp³-hybridized carbons (Fsp3) is 0.120. The number of rotatable bonds is 6. The molecule has 1 aliphatic heterocycles. The highest BCUT2D eigenvalue weighted by molar-refractivity contribution is 9.10. The number of carbonyl (C=O) groups excluding carboxylic acids is 1. The molecular formula is C25H14BrCl2F5N2O3. The summed E-state index contributed by atoms with van der Waals surface area (Å²) in [6, 6.07) is 8.01. The van der Waals surface area contributed by atoms with Crippen LogP contribution in [0.15, 0.2) is 45.5 Å². The summed E-state index contributed by atoms with van der Waals surface area (Å²) in [5.41, 5.74) is -0.607. The molecule has 0 fully saturated rings. The first-order valence-electron chi connectivity index (χ1n) is 10.5. The summed E-state index contributed by atoms with van der Waals surface area (Å²) in [4.78, 5) is 12.9.